The Morgan fingerprint density at radius 3 is 2.81 bits per heavy atom. The van der Waals surface area contributed by atoms with Gasteiger partial charge >= 0.3 is 0 Å². The van der Waals surface area contributed by atoms with Crippen LogP contribution >= 0.6 is 15.9 Å². The summed E-state index contributed by atoms with van der Waals surface area (Å²) in [5, 5.41) is 6.54. The van der Waals surface area contributed by atoms with Crippen LogP contribution in [0.1, 0.15) is 31.7 Å². The Morgan fingerprint density at radius 2 is 2.14 bits per heavy atom. The molecule has 1 aliphatic carbocycles. The maximum atomic E-state index is 11.1. The number of carbonyl (C=O) groups is 1. The molecule has 0 radical (unpaired) electrons. The third-order valence-electron chi connectivity index (χ3n) is 4.12. The highest BCUT2D eigenvalue weighted by atomic mass is 79.9. The molecule has 1 saturated carbocycles. The highest BCUT2D eigenvalue weighted by molar-refractivity contribution is 9.10. The molecule has 1 aromatic rings. The van der Waals surface area contributed by atoms with Crippen molar-refractivity contribution >= 4 is 27.5 Å². The van der Waals surface area contributed by atoms with Crippen LogP contribution in [0.25, 0.3) is 0 Å². The van der Waals surface area contributed by atoms with E-state index in [9.17, 15) is 4.79 Å². The molecule has 1 atom stereocenters. The average molecular weight is 352 g/mol. The Balaban J connectivity index is 1.61. The minimum Gasteiger partial charge on any atom is -0.368 e. The summed E-state index contributed by atoms with van der Waals surface area (Å²) in [6, 6.07) is 7.59. The second-order valence-electron chi connectivity index (χ2n) is 6.07. The number of nitrogens with zero attached hydrogens (tertiary/aromatic N) is 1. The standard InChI is InChI=1S/C16H22BrN3O/c1-11(21)19-14-6-7-20(10-14)16-5-2-12(8-15(16)17)9-18-13-3-4-13/h2,5,8,13-14,18H,3-4,6-7,9-10H2,1H3,(H,19,21). The SMILES string of the molecule is CC(=O)NC1CCN(c2ccc(CNC3CC3)cc2Br)C1. The van der Waals surface area contributed by atoms with Crippen LogP contribution in [-0.4, -0.2) is 31.1 Å². The Labute approximate surface area is 134 Å². The lowest BCUT2D eigenvalue weighted by Gasteiger charge is -2.21. The van der Waals surface area contributed by atoms with E-state index in [2.05, 4.69) is 49.7 Å². The van der Waals surface area contributed by atoms with Crippen molar-refractivity contribution in [2.24, 2.45) is 0 Å². The van der Waals surface area contributed by atoms with Crippen molar-refractivity contribution in [1.29, 1.82) is 0 Å². The van der Waals surface area contributed by atoms with Crippen LogP contribution in [0.4, 0.5) is 5.69 Å². The Hall–Kier alpha value is -1.07. The van der Waals surface area contributed by atoms with E-state index in [0.29, 0.717) is 0 Å². The summed E-state index contributed by atoms with van der Waals surface area (Å²) in [6.07, 6.45) is 3.64. The summed E-state index contributed by atoms with van der Waals surface area (Å²) in [5.41, 5.74) is 2.54. The maximum absolute atomic E-state index is 11.1. The molecule has 1 saturated heterocycles. The van der Waals surface area contributed by atoms with Gasteiger partial charge in [-0.3, -0.25) is 4.79 Å². The van der Waals surface area contributed by atoms with Gasteiger partial charge in [0.15, 0.2) is 0 Å². The van der Waals surface area contributed by atoms with Gasteiger partial charge in [-0.25, -0.2) is 0 Å². The van der Waals surface area contributed by atoms with Crippen molar-refractivity contribution in [3.8, 4) is 0 Å². The zero-order valence-corrected chi connectivity index (χ0v) is 13.9. The van der Waals surface area contributed by atoms with Crippen molar-refractivity contribution in [3.05, 3.63) is 28.2 Å². The monoisotopic (exact) mass is 351 g/mol. The first-order valence-electron chi connectivity index (χ1n) is 7.65. The van der Waals surface area contributed by atoms with Gasteiger partial charge in [-0.1, -0.05) is 6.07 Å². The van der Waals surface area contributed by atoms with Crippen LogP contribution in [0, 0.1) is 0 Å². The fourth-order valence-corrected chi connectivity index (χ4v) is 3.53. The highest BCUT2D eigenvalue weighted by Gasteiger charge is 2.24. The lowest BCUT2D eigenvalue weighted by molar-refractivity contribution is -0.119. The van der Waals surface area contributed by atoms with Crippen molar-refractivity contribution in [2.45, 2.75) is 44.8 Å². The topological polar surface area (TPSA) is 44.4 Å². The zero-order valence-electron chi connectivity index (χ0n) is 12.4. The van der Waals surface area contributed by atoms with E-state index in [0.717, 1.165) is 36.6 Å². The number of anilines is 1. The fourth-order valence-electron chi connectivity index (χ4n) is 2.85. The van der Waals surface area contributed by atoms with Crippen LogP contribution in [0.3, 0.4) is 0 Å². The number of halogens is 1. The number of hydrogen-bond donors (Lipinski definition) is 2. The van der Waals surface area contributed by atoms with Gasteiger partial charge in [0.05, 0.1) is 5.69 Å². The normalized spacial score (nSPS) is 21.6. The highest BCUT2D eigenvalue weighted by Crippen LogP contribution is 2.30. The molecular weight excluding hydrogens is 330 g/mol. The Bertz CT molecular complexity index is 530. The van der Waals surface area contributed by atoms with E-state index in [1.807, 2.05) is 0 Å². The average Bonchev–Trinajstić information content (AvgIpc) is 3.16. The molecule has 5 heteroatoms. The third kappa shape index (κ3) is 3.98. The molecule has 1 amide bonds. The number of carbonyl (C=O) groups excluding carboxylic acids is 1. The second-order valence-corrected chi connectivity index (χ2v) is 6.93. The first kappa shape index (κ1) is 14.9. The summed E-state index contributed by atoms with van der Waals surface area (Å²) in [5.74, 6) is 0.0578. The van der Waals surface area contributed by atoms with E-state index in [-0.39, 0.29) is 11.9 Å². The summed E-state index contributed by atoms with van der Waals surface area (Å²) in [7, 11) is 0. The molecule has 1 heterocycles. The van der Waals surface area contributed by atoms with Gasteiger partial charge in [-0.2, -0.15) is 0 Å². The summed E-state index contributed by atoms with van der Waals surface area (Å²) in [6.45, 7) is 4.40. The van der Waals surface area contributed by atoms with Gasteiger partial charge in [-0.05, 0) is 52.9 Å². The van der Waals surface area contributed by atoms with Crippen LogP contribution in [-0.2, 0) is 11.3 Å². The fraction of sp³-hybridized carbons (Fsp3) is 0.562. The van der Waals surface area contributed by atoms with E-state index in [1.165, 1.54) is 24.1 Å². The van der Waals surface area contributed by atoms with Gasteiger partial charge in [0, 0.05) is 43.1 Å². The molecule has 1 aliphatic heterocycles. The van der Waals surface area contributed by atoms with E-state index >= 15 is 0 Å². The van der Waals surface area contributed by atoms with Crippen molar-refractivity contribution in [1.82, 2.24) is 10.6 Å². The predicted octanol–water partition coefficient (Wildman–Crippen LogP) is 2.42. The van der Waals surface area contributed by atoms with Crippen LogP contribution in [0.15, 0.2) is 22.7 Å². The lowest BCUT2D eigenvalue weighted by Crippen LogP contribution is -2.35. The molecule has 2 aliphatic rings. The van der Waals surface area contributed by atoms with Crippen LogP contribution < -0.4 is 15.5 Å². The quantitative estimate of drug-likeness (QED) is 0.856. The number of rotatable bonds is 5. The summed E-state index contributed by atoms with van der Waals surface area (Å²) >= 11 is 3.69. The van der Waals surface area contributed by atoms with Crippen molar-refractivity contribution < 1.29 is 4.79 Å². The summed E-state index contributed by atoms with van der Waals surface area (Å²) < 4.78 is 1.14. The minimum absolute atomic E-state index is 0.0578. The van der Waals surface area contributed by atoms with E-state index in [4.69, 9.17) is 0 Å². The van der Waals surface area contributed by atoms with E-state index < -0.39 is 0 Å². The lowest BCUT2D eigenvalue weighted by atomic mass is 10.2. The molecule has 4 nitrogen and oxygen atoms in total. The molecule has 1 unspecified atom stereocenters. The number of hydrogen-bond acceptors (Lipinski definition) is 3. The van der Waals surface area contributed by atoms with Gasteiger partial charge in [0.25, 0.3) is 0 Å². The molecule has 0 aromatic heterocycles. The molecule has 2 fully saturated rings. The third-order valence-corrected chi connectivity index (χ3v) is 4.76. The minimum atomic E-state index is 0.0578. The number of nitrogens with one attached hydrogen (secondary N) is 2. The van der Waals surface area contributed by atoms with Crippen LogP contribution in [0.5, 0.6) is 0 Å². The molecule has 0 bridgehead atoms. The first-order valence-corrected chi connectivity index (χ1v) is 8.45. The van der Waals surface area contributed by atoms with Gasteiger partial charge < -0.3 is 15.5 Å². The Kier molecular flexibility index (Phi) is 4.50. The van der Waals surface area contributed by atoms with Crippen LogP contribution in [0.2, 0.25) is 0 Å². The van der Waals surface area contributed by atoms with Crippen molar-refractivity contribution in [3.63, 3.8) is 0 Å². The zero-order chi connectivity index (χ0) is 14.8. The molecule has 2 N–H and O–H groups in total. The maximum Gasteiger partial charge on any atom is 0.217 e. The van der Waals surface area contributed by atoms with Gasteiger partial charge in [0.2, 0.25) is 5.91 Å². The first-order chi connectivity index (χ1) is 10.1. The molecule has 0 spiro atoms. The summed E-state index contributed by atoms with van der Waals surface area (Å²) in [4.78, 5) is 13.5. The van der Waals surface area contributed by atoms with E-state index in [1.54, 1.807) is 6.92 Å². The van der Waals surface area contributed by atoms with Gasteiger partial charge in [-0.15, -0.1) is 0 Å². The van der Waals surface area contributed by atoms with Crippen molar-refractivity contribution in [2.75, 3.05) is 18.0 Å². The molecule has 114 valence electrons. The smallest absolute Gasteiger partial charge is 0.217 e. The Morgan fingerprint density at radius 1 is 1.33 bits per heavy atom. The molecule has 1 aromatic carbocycles. The predicted molar refractivity (Wildman–Crippen MR) is 88.4 cm³/mol. The van der Waals surface area contributed by atoms with Gasteiger partial charge in [0.1, 0.15) is 0 Å². The largest absolute Gasteiger partial charge is 0.368 e. The second kappa shape index (κ2) is 6.36. The molecular formula is C16H22BrN3O. The number of amides is 1. The number of benzene rings is 1. The molecule has 21 heavy (non-hydrogen) atoms. The molecule has 3 rings (SSSR count).